The lowest BCUT2D eigenvalue weighted by atomic mass is 10.1. The summed E-state index contributed by atoms with van der Waals surface area (Å²) in [6.07, 6.45) is 3.62. The van der Waals surface area contributed by atoms with Gasteiger partial charge in [0.05, 0.1) is 0 Å². The molecule has 2 nitrogen and oxygen atoms in total. The van der Waals surface area contributed by atoms with Crippen molar-refractivity contribution in [1.29, 1.82) is 0 Å². The molecule has 1 aromatic carbocycles. The SMILES string of the molecule is CCCC(C)N(C)Cc1ccc(CCNC(C)(C)C)cc1. The first-order valence-corrected chi connectivity index (χ1v) is 8.35. The molecule has 1 aromatic rings. The number of nitrogens with one attached hydrogen (secondary N) is 1. The minimum Gasteiger partial charge on any atom is -0.312 e. The van der Waals surface area contributed by atoms with Crippen LogP contribution in [0.2, 0.25) is 0 Å². The minimum atomic E-state index is 0.206. The van der Waals surface area contributed by atoms with Crippen molar-refractivity contribution < 1.29 is 0 Å². The van der Waals surface area contributed by atoms with E-state index in [1.165, 1.54) is 24.0 Å². The van der Waals surface area contributed by atoms with Gasteiger partial charge in [0, 0.05) is 18.1 Å². The molecule has 1 rings (SSSR count). The van der Waals surface area contributed by atoms with E-state index in [1.807, 2.05) is 0 Å². The molecule has 120 valence electrons. The fourth-order valence-corrected chi connectivity index (χ4v) is 2.48. The maximum atomic E-state index is 3.54. The Morgan fingerprint density at radius 2 is 1.67 bits per heavy atom. The van der Waals surface area contributed by atoms with E-state index in [9.17, 15) is 0 Å². The fourth-order valence-electron chi connectivity index (χ4n) is 2.48. The zero-order valence-electron chi connectivity index (χ0n) is 14.9. The second-order valence-corrected chi connectivity index (χ2v) is 7.30. The quantitative estimate of drug-likeness (QED) is 0.770. The van der Waals surface area contributed by atoms with Crippen molar-refractivity contribution in [2.75, 3.05) is 13.6 Å². The number of benzene rings is 1. The zero-order chi connectivity index (χ0) is 15.9. The molecule has 2 heteroatoms. The van der Waals surface area contributed by atoms with E-state index < -0.39 is 0 Å². The van der Waals surface area contributed by atoms with E-state index in [0.29, 0.717) is 6.04 Å². The maximum absolute atomic E-state index is 3.54. The molecule has 0 aliphatic rings. The molecule has 0 saturated heterocycles. The fraction of sp³-hybridized carbons (Fsp3) is 0.684. The van der Waals surface area contributed by atoms with E-state index in [-0.39, 0.29) is 5.54 Å². The molecule has 1 atom stereocenters. The highest BCUT2D eigenvalue weighted by Crippen LogP contribution is 2.11. The van der Waals surface area contributed by atoms with Gasteiger partial charge in [0.15, 0.2) is 0 Å². The smallest absolute Gasteiger partial charge is 0.0233 e. The van der Waals surface area contributed by atoms with Crippen LogP contribution in [0.1, 0.15) is 58.6 Å². The van der Waals surface area contributed by atoms with Gasteiger partial charge in [0.1, 0.15) is 0 Å². The summed E-state index contributed by atoms with van der Waals surface area (Å²) < 4.78 is 0. The van der Waals surface area contributed by atoms with Gasteiger partial charge >= 0.3 is 0 Å². The second-order valence-electron chi connectivity index (χ2n) is 7.30. The van der Waals surface area contributed by atoms with Crippen LogP contribution in [0, 0.1) is 0 Å². The maximum Gasteiger partial charge on any atom is 0.0233 e. The molecular weight excluding hydrogens is 256 g/mol. The summed E-state index contributed by atoms with van der Waals surface area (Å²) in [5.41, 5.74) is 3.03. The Bertz CT molecular complexity index is 389. The van der Waals surface area contributed by atoms with Crippen LogP contribution in [-0.2, 0) is 13.0 Å². The van der Waals surface area contributed by atoms with Gasteiger partial charge in [-0.15, -0.1) is 0 Å². The Morgan fingerprint density at radius 1 is 1.10 bits per heavy atom. The van der Waals surface area contributed by atoms with Gasteiger partial charge in [-0.2, -0.15) is 0 Å². The van der Waals surface area contributed by atoms with Gasteiger partial charge < -0.3 is 5.32 Å². The van der Waals surface area contributed by atoms with E-state index in [1.54, 1.807) is 0 Å². The number of hydrogen-bond donors (Lipinski definition) is 1. The molecule has 21 heavy (non-hydrogen) atoms. The summed E-state index contributed by atoms with van der Waals surface area (Å²) in [6, 6.07) is 9.77. The topological polar surface area (TPSA) is 15.3 Å². The van der Waals surface area contributed by atoms with Gasteiger partial charge in [0.25, 0.3) is 0 Å². The van der Waals surface area contributed by atoms with E-state index in [2.05, 4.69) is 76.1 Å². The van der Waals surface area contributed by atoms with Gasteiger partial charge in [-0.25, -0.2) is 0 Å². The standard InChI is InChI=1S/C19H34N2/c1-7-8-16(2)21(6)15-18-11-9-17(10-12-18)13-14-20-19(3,4)5/h9-12,16,20H,7-8,13-15H2,1-6H3. The molecule has 0 aliphatic heterocycles. The average molecular weight is 290 g/mol. The summed E-state index contributed by atoms with van der Waals surface area (Å²) in [5.74, 6) is 0. The normalized spacial score (nSPS) is 13.7. The van der Waals surface area contributed by atoms with Crippen LogP contribution in [0.25, 0.3) is 0 Å². The molecule has 0 amide bonds. The highest BCUT2D eigenvalue weighted by atomic mass is 15.1. The third-order valence-electron chi connectivity index (χ3n) is 3.98. The number of rotatable bonds is 8. The Kier molecular flexibility index (Phi) is 7.41. The largest absolute Gasteiger partial charge is 0.312 e. The molecular formula is C19H34N2. The van der Waals surface area contributed by atoms with Crippen molar-refractivity contribution in [1.82, 2.24) is 10.2 Å². The highest BCUT2D eigenvalue weighted by Gasteiger charge is 2.09. The molecule has 0 bridgehead atoms. The average Bonchev–Trinajstić information content (AvgIpc) is 2.39. The predicted molar refractivity (Wildman–Crippen MR) is 93.7 cm³/mol. The monoisotopic (exact) mass is 290 g/mol. The summed E-state index contributed by atoms with van der Waals surface area (Å²) in [6.45, 7) is 13.3. The minimum absolute atomic E-state index is 0.206. The molecule has 1 unspecified atom stereocenters. The molecule has 0 heterocycles. The van der Waals surface area contributed by atoms with Gasteiger partial charge in [-0.3, -0.25) is 4.90 Å². The Hall–Kier alpha value is -0.860. The van der Waals surface area contributed by atoms with Crippen molar-refractivity contribution in [2.45, 2.75) is 72.0 Å². The van der Waals surface area contributed by atoms with Gasteiger partial charge in [-0.1, -0.05) is 37.6 Å². The molecule has 0 saturated carbocycles. The lowest BCUT2D eigenvalue weighted by Crippen LogP contribution is -2.37. The van der Waals surface area contributed by atoms with Crippen LogP contribution in [0.15, 0.2) is 24.3 Å². The van der Waals surface area contributed by atoms with Crippen molar-refractivity contribution >= 4 is 0 Å². The Morgan fingerprint density at radius 3 is 2.19 bits per heavy atom. The van der Waals surface area contributed by atoms with E-state index in [4.69, 9.17) is 0 Å². The summed E-state index contributed by atoms with van der Waals surface area (Å²) in [7, 11) is 2.22. The van der Waals surface area contributed by atoms with Crippen LogP contribution < -0.4 is 5.32 Å². The Labute approximate surface area is 131 Å². The van der Waals surface area contributed by atoms with Crippen molar-refractivity contribution in [2.24, 2.45) is 0 Å². The van der Waals surface area contributed by atoms with Crippen LogP contribution >= 0.6 is 0 Å². The third kappa shape index (κ3) is 7.63. The lowest BCUT2D eigenvalue weighted by Gasteiger charge is -2.24. The van der Waals surface area contributed by atoms with E-state index >= 15 is 0 Å². The van der Waals surface area contributed by atoms with Crippen LogP contribution in [0.4, 0.5) is 0 Å². The first-order valence-electron chi connectivity index (χ1n) is 8.35. The molecule has 0 spiro atoms. The first kappa shape index (κ1) is 18.2. The van der Waals surface area contributed by atoms with Crippen LogP contribution in [0.3, 0.4) is 0 Å². The molecule has 1 N–H and O–H groups in total. The summed E-state index contributed by atoms with van der Waals surface area (Å²) in [5, 5.41) is 3.54. The molecule has 0 fully saturated rings. The molecule has 0 aliphatic carbocycles. The Balaban J connectivity index is 2.43. The molecule has 0 radical (unpaired) electrons. The second kappa shape index (κ2) is 8.55. The van der Waals surface area contributed by atoms with Crippen LogP contribution in [-0.4, -0.2) is 30.1 Å². The predicted octanol–water partition coefficient (Wildman–Crippen LogP) is 4.24. The van der Waals surface area contributed by atoms with Gasteiger partial charge in [-0.05, 0) is 65.3 Å². The van der Waals surface area contributed by atoms with Crippen molar-refractivity contribution in [3.8, 4) is 0 Å². The van der Waals surface area contributed by atoms with Crippen molar-refractivity contribution in [3.63, 3.8) is 0 Å². The number of nitrogens with zero attached hydrogens (tertiary/aromatic N) is 1. The molecule has 0 aromatic heterocycles. The van der Waals surface area contributed by atoms with E-state index in [0.717, 1.165) is 19.5 Å². The summed E-state index contributed by atoms with van der Waals surface area (Å²) in [4.78, 5) is 2.44. The van der Waals surface area contributed by atoms with Crippen molar-refractivity contribution in [3.05, 3.63) is 35.4 Å². The zero-order valence-corrected chi connectivity index (χ0v) is 14.9. The third-order valence-corrected chi connectivity index (χ3v) is 3.98. The first-order chi connectivity index (χ1) is 9.81. The van der Waals surface area contributed by atoms with Crippen LogP contribution in [0.5, 0.6) is 0 Å². The lowest BCUT2D eigenvalue weighted by molar-refractivity contribution is 0.237. The highest BCUT2D eigenvalue weighted by molar-refractivity contribution is 5.22. The summed E-state index contributed by atoms with van der Waals surface area (Å²) >= 11 is 0. The number of hydrogen-bond acceptors (Lipinski definition) is 2. The van der Waals surface area contributed by atoms with Gasteiger partial charge in [0.2, 0.25) is 0 Å².